The van der Waals surface area contributed by atoms with E-state index < -0.39 is 11.7 Å². The Labute approximate surface area is 116 Å². The Bertz CT molecular complexity index is 629. The summed E-state index contributed by atoms with van der Waals surface area (Å²) >= 11 is 4.22. The second-order valence-electron chi connectivity index (χ2n) is 5.08. The highest BCUT2D eigenvalue weighted by Gasteiger charge is 2.22. The monoisotopic (exact) mass is 280 g/mol. The van der Waals surface area contributed by atoms with Crippen molar-refractivity contribution < 1.29 is 14.3 Å². The number of methoxy groups -OCH3 is 1. The van der Waals surface area contributed by atoms with E-state index >= 15 is 0 Å². The summed E-state index contributed by atoms with van der Waals surface area (Å²) in [6.07, 6.45) is -0.495. The van der Waals surface area contributed by atoms with Crippen molar-refractivity contribution in [3.8, 4) is 5.75 Å². The highest BCUT2D eigenvalue weighted by Crippen LogP contribution is 2.24. The van der Waals surface area contributed by atoms with Crippen molar-refractivity contribution in [1.82, 2.24) is 9.55 Å². The van der Waals surface area contributed by atoms with Crippen molar-refractivity contribution in [2.24, 2.45) is 0 Å². The zero-order valence-corrected chi connectivity index (χ0v) is 12.2. The number of imidazole rings is 1. The van der Waals surface area contributed by atoms with E-state index in [1.54, 1.807) is 25.3 Å². The molecule has 0 unspecified atom stereocenters. The van der Waals surface area contributed by atoms with E-state index in [1.807, 2.05) is 20.8 Å². The summed E-state index contributed by atoms with van der Waals surface area (Å²) < 4.78 is 11.8. The molecule has 0 N–H and O–H groups in total. The summed E-state index contributed by atoms with van der Waals surface area (Å²) in [6, 6.07) is 5.26. The Morgan fingerprint density at radius 1 is 1.37 bits per heavy atom. The molecule has 1 aromatic heterocycles. The number of hydrogen-bond acceptors (Lipinski definition) is 5. The molecule has 0 radical (unpaired) electrons. The Morgan fingerprint density at radius 2 is 2.05 bits per heavy atom. The lowest BCUT2D eigenvalue weighted by atomic mass is 10.2. The van der Waals surface area contributed by atoms with E-state index in [4.69, 9.17) is 9.47 Å². The van der Waals surface area contributed by atoms with Gasteiger partial charge in [0, 0.05) is 6.07 Å². The molecule has 2 rings (SSSR count). The third kappa shape index (κ3) is 2.84. The molecule has 0 saturated heterocycles. The molecule has 1 aromatic carbocycles. The van der Waals surface area contributed by atoms with Crippen molar-refractivity contribution in [1.29, 1.82) is 0 Å². The summed E-state index contributed by atoms with van der Waals surface area (Å²) in [5.74, 6) is 0.676. The Morgan fingerprint density at radius 3 is 2.63 bits per heavy atom. The lowest BCUT2D eigenvalue weighted by Gasteiger charge is -2.19. The maximum Gasteiger partial charge on any atom is 0.421 e. The van der Waals surface area contributed by atoms with Crippen LogP contribution in [0, 0.1) is 0 Å². The van der Waals surface area contributed by atoms with Gasteiger partial charge in [0.15, 0.2) is 5.16 Å². The molecule has 0 fully saturated rings. The van der Waals surface area contributed by atoms with Gasteiger partial charge in [-0.3, -0.25) is 0 Å². The molecular weight excluding hydrogens is 264 g/mol. The quantitative estimate of drug-likeness (QED) is 0.815. The highest BCUT2D eigenvalue weighted by atomic mass is 32.1. The fourth-order valence-electron chi connectivity index (χ4n) is 1.66. The van der Waals surface area contributed by atoms with Crippen LogP contribution in [0.15, 0.2) is 23.4 Å². The first-order valence-electron chi connectivity index (χ1n) is 5.80. The molecule has 0 saturated carbocycles. The van der Waals surface area contributed by atoms with Gasteiger partial charge in [-0.2, -0.15) is 0 Å². The molecule has 0 spiro atoms. The van der Waals surface area contributed by atoms with E-state index in [9.17, 15) is 4.79 Å². The van der Waals surface area contributed by atoms with Gasteiger partial charge in [-0.25, -0.2) is 14.3 Å². The first kappa shape index (κ1) is 13.7. The molecule has 102 valence electrons. The minimum atomic E-state index is -0.569. The third-order valence-electron chi connectivity index (χ3n) is 2.42. The van der Waals surface area contributed by atoms with E-state index in [-0.39, 0.29) is 5.16 Å². The number of benzene rings is 1. The Hall–Kier alpha value is -1.69. The number of rotatable bonds is 1. The van der Waals surface area contributed by atoms with Gasteiger partial charge >= 0.3 is 6.09 Å². The fraction of sp³-hybridized carbons (Fsp3) is 0.385. The normalized spacial score (nSPS) is 11.6. The first-order valence-corrected chi connectivity index (χ1v) is 6.25. The topological polar surface area (TPSA) is 53.4 Å². The third-order valence-corrected chi connectivity index (χ3v) is 2.72. The summed E-state index contributed by atoms with van der Waals surface area (Å²) in [7, 11) is 1.58. The number of carbonyl (C=O) groups excluding carboxylic acids is 1. The van der Waals surface area contributed by atoms with Gasteiger partial charge in [0.1, 0.15) is 11.4 Å². The average Bonchev–Trinajstić information content (AvgIpc) is 2.61. The Kier molecular flexibility index (Phi) is 3.45. The molecule has 2 aromatic rings. The number of fused-ring (bicyclic) bond motifs is 1. The van der Waals surface area contributed by atoms with Crippen molar-refractivity contribution in [2.75, 3.05) is 7.11 Å². The predicted molar refractivity (Wildman–Crippen MR) is 75.2 cm³/mol. The predicted octanol–water partition coefficient (Wildman–Crippen LogP) is 3.12. The molecule has 0 atom stereocenters. The maximum atomic E-state index is 12.1. The number of aromatic nitrogens is 2. The summed E-state index contributed by atoms with van der Waals surface area (Å²) in [5.41, 5.74) is 0.704. The van der Waals surface area contributed by atoms with Crippen LogP contribution in [0.1, 0.15) is 20.8 Å². The van der Waals surface area contributed by atoms with Crippen molar-refractivity contribution in [2.45, 2.75) is 31.5 Å². The lowest BCUT2D eigenvalue weighted by Crippen LogP contribution is -2.27. The molecule has 0 bridgehead atoms. The molecule has 5 nitrogen and oxygen atoms in total. The summed E-state index contributed by atoms with van der Waals surface area (Å²) in [5, 5.41) is 0.289. The number of ether oxygens (including phenoxy) is 2. The SMILES string of the molecule is COc1ccc2c(c1)nc(S)n2C(=O)OC(C)(C)C. The van der Waals surface area contributed by atoms with Crippen LogP contribution >= 0.6 is 12.6 Å². The minimum absolute atomic E-state index is 0.289. The molecule has 0 aliphatic heterocycles. The maximum absolute atomic E-state index is 12.1. The van der Waals surface area contributed by atoms with Crippen LogP contribution in [0.2, 0.25) is 0 Å². The molecule has 0 amide bonds. The second kappa shape index (κ2) is 4.77. The smallest absolute Gasteiger partial charge is 0.421 e. The van der Waals surface area contributed by atoms with Crippen LogP contribution in [-0.4, -0.2) is 28.4 Å². The molecule has 6 heteroatoms. The fourth-order valence-corrected chi connectivity index (χ4v) is 1.96. The summed E-state index contributed by atoms with van der Waals surface area (Å²) in [4.78, 5) is 16.4. The van der Waals surface area contributed by atoms with Gasteiger partial charge in [0.05, 0.1) is 18.1 Å². The van der Waals surface area contributed by atoms with Gasteiger partial charge in [0.2, 0.25) is 0 Å². The van der Waals surface area contributed by atoms with E-state index in [1.165, 1.54) is 4.57 Å². The van der Waals surface area contributed by atoms with E-state index in [0.29, 0.717) is 16.8 Å². The van der Waals surface area contributed by atoms with Crippen LogP contribution in [0.25, 0.3) is 11.0 Å². The largest absolute Gasteiger partial charge is 0.497 e. The number of hydrogen-bond donors (Lipinski definition) is 1. The average molecular weight is 280 g/mol. The lowest BCUT2D eigenvalue weighted by molar-refractivity contribution is 0.0530. The molecular formula is C13H16N2O3S. The van der Waals surface area contributed by atoms with Crippen LogP contribution < -0.4 is 4.74 Å². The standard InChI is InChI=1S/C13H16N2O3S/c1-13(2,3)18-12(16)15-10-6-5-8(17-4)7-9(10)14-11(15)19/h5-7H,1-4H3,(H,14,19). The molecule has 0 aliphatic rings. The zero-order chi connectivity index (χ0) is 14.2. The summed E-state index contributed by atoms with van der Waals surface area (Å²) in [6.45, 7) is 5.43. The van der Waals surface area contributed by atoms with Gasteiger partial charge in [0.25, 0.3) is 0 Å². The molecule has 19 heavy (non-hydrogen) atoms. The highest BCUT2D eigenvalue weighted by molar-refractivity contribution is 7.80. The van der Waals surface area contributed by atoms with Crippen molar-refractivity contribution in [3.63, 3.8) is 0 Å². The first-order chi connectivity index (χ1) is 8.81. The Balaban J connectivity index is 2.49. The van der Waals surface area contributed by atoms with Crippen LogP contribution in [0.4, 0.5) is 4.79 Å². The van der Waals surface area contributed by atoms with Gasteiger partial charge < -0.3 is 9.47 Å². The molecule has 0 aliphatic carbocycles. The number of thiol groups is 1. The van der Waals surface area contributed by atoms with Gasteiger partial charge in [-0.05, 0) is 32.9 Å². The minimum Gasteiger partial charge on any atom is -0.497 e. The van der Waals surface area contributed by atoms with Crippen LogP contribution in [0.5, 0.6) is 5.75 Å². The van der Waals surface area contributed by atoms with Gasteiger partial charge in [-0.1, -0.05) is 0 Å². The van der Waals surface area contributed by atoms with Crippen molar-refractivity contribution in [3.05, 3.63) is 18.2 Å². The zero-order valence-electron chi connectivity index (χ0n) is 11.3. The van der Waals surface area contributed by atoms with Gasteiger partial charge in [-0.15, -0.1) is 12.6 Å². The molecule has 1 heterocycles. The van der Waals surface area contributed by atoms with E-state index in [2.05, 4.69) is 17.6 Å². The van der Waals surface area contributed by atoms with Crippen LogP contribution in [-0.2, 0) is 4.74 Å². The number of nitrogens with zero attached hydrogens (tertiary/aromatic N) is 2. The second-order valence-corrected chi connectivity index (χ2v) is 5.48. The van der Waals surface area contributed by atoms with Crippen LogP contribution in [0.3, 0.4) is 0 Å². The van der Waals surface area contributed by atoms with Crippen molar-refractivity contribution >= 4 is 29.8 Å². The number of carbonyl (C=O) groups is 1. The van der Waals surface area contributed by atoms with E-state index in [0.717, 1.165) is 0 Å².